The Morgan fingerprint density at radius 2 is 1.87 bits per heavy atom. The number of anilines is 1. The quantitative estimate of drug-likeness (QED) is 0.534. The molecule has 3 aromatic heterocycles. The molecular formula is C22H24N8. The van der Waals surface area contributed by atoms with E-state index in [9.17, 15) is 0 Å². The lowest BCUT2D eigenvalue weighted by Crippen LogP contribution is -2.44. The molecule has 0 amide bonds. The molecule has 1 saturated carbocycles. The van der Waals surface area contributed by atoms with E-state index < -0.39 is 0 Å². The molecule has 1 fully saturated rings. The topological polar surface area (TPSA) is 99.5 Å². The van der Waals surface area contributed by atoms with Crippen molar-refractivity contribution in [3.05, 3.63) is 55.1 Å². The second kappa shape index (κ2) is 7.38. The van der Waals surface area contributed by atoms with Crippen LogP contribution in [-0.4, -0.2) is 41.6 Å². The van der Waals surface area contributed by atoms with Gasteiger partial charge in [0.25, 0.3) is 0 Å². The molecule has 0 radical (unpaired) electrons. The first-order valence-electron chi connectivity index (χ1n) is 10.0. The third-order valence-corrected chi connectivity index (χ3v) is 5.45. The van der Waals surface area contributed by atoms with Gasteiger partial charge in [0.2, 0.25) is 0 Å². The van der Waals surface area contributed by atoms with Crippen molar-refractivity contribution in [2.24, 2.45) is 19.8 Å². The van der Waals surface area contributed by atoms with Crippen LogP contribution >= 0.6 is 0 Å². The highest BCUT2D eigenvalue weighted by molar-refractivity contribution is 5.75. The van der Waals surface area contributed by atoms with Gasteiger partial charge in [-0.05, 0) is 30.5 Å². The molecule has 30 heavy (non-hydrogen) atoms. The summed E-state index contributed by atoms with van der Waals surface area (Å²) in [6, 6.07) is 10.8. The number of rotatable bonds is 5. The van der Waals surface area contributed by atoms with Crippen LogP contribution in [0.4, 0.5) is 5.82 Å². The molecular weight excluding hydrogens is 376 g/mol. The summed E-state index contributed by atoms with van der Waals surface area (Å²) in [5, 5.41) is 12.3. The SMILES string of the molecule is Cn1cc(-c2cccc(-c3ncc(-c4ccn(C)n4)c(N[C@H]4C[C@@H](N)C4)n3)c2)cn1. The normalized spacial score (nSPS) is 18.2. The average molecular weight is 400 g/mol. The van der Waals surface area contributed by atoms with Crippen LogP contribution in [0.25, 0.3) is 33.8 Å². The van der Waals surface area contributed by atoms with Gasteiger partial charge >= 0.3 is 0 Å². The van der Waals surface area contributed by atoms with Gasteiger partial charge < -0.3 is 11.1 Å². The van der Waals surface area contributed by atoms with Crippen molar-refractivity contribution < 1.29 is 0 Å². The zero-order valence-electron chi connectivity index (χ0n) is 17.0. The van der Waals surface area contributed by atoms with Gasteiger partial charge in [0, 0.05) is 55.9 Å². The predicted octanol–water partition coefficient (Wildman–Crippen LogP) is 2.85. The molecule has 5 rings (SSSR count). The minimum Gasteiger partial charge on any atom is -0.367 e. The van der Waals surface area contributed by atoms with Crippen molar-refractivity contribution in [2.75, 3.05) is 5.32 Å². The van der Waals surface area contributed by atoms with Gasteiger partial charge in [-0.15, -0.1) is 0 Å². The Kier molecular flexibility index (Phi) is 4.55. The fourth-order valence-corrected chi connectivity index (χ4v) is 3.76. The van der Waals surface area contributed by atoms with E-state index in [4.69, 9.17) is 10.7 Å². The number of benzene rings is 1. The Morgan fingerprint density at radius 3 is 2.57 bits per heavy atom. The third kappa shape index (κ3) is 3.57. The minimum absolute atomic E-state index is 0.262. The Labute approximate surface area is 174 Å². The number of hydrogen-bond donors (Lipinski definition) is 2. The lowest BCUT2D eigenvalue weighted by atomic mass is 9.87. The van der Waals surface area contributed by atoms with Gasteiger partial charge in [-0.25, -0.2) is 9.97 Å². The summed E-state index contributed by atoms with van der Waals surface area (Å²) >= 11 is 0. The number of hydrogen-bond acceptors (Lipinski definition) is 6. The van der Waals surface area contributed by atoms with Gasteiger partial charge in [0.1, 0.15) is 5.82 Å². The smallest absolute Gasteiger partial charge is 0.161 e. The van der Waals surface area contributed by atoms with Crippen molar-refractivity contribution in [3.8, 4) is 33.8 Å². The van der Waals surface area contributed by atoms with Crippen LogP contribution in [0.15, 0.2) is 55.1 Å². The van der Waals surface area contributed by atoms with Crippen LogP contribution < -0.4 is 11.1 Å². The molecule has 0 atom stereocenters. The van der Waals surface area contributed by atoms with Crippen LogP contribution in [0.1, 0.15) is 12.8 Å². The van der Waals surface area contributed by atoms with Crippen LogP contribution in [0.5, 0.6) is 0 Å². The molecule has 1 aliphatic rings. The van der Waals surface area contributed by atoms with E-state index in [0.29, 0.717) is 11.9 Å². The predicted molar refractivity (Wildman–Crippen MR) is 116 cm³/mol. The number of aromatic nitrogens is 6. The molecule has 8 nitrogen and oxygen atoms in total. The van der Waals surface area contributed by atoms with Crippen molar-refractivity contribution >= 4 is 5.82 Å². The van der Waals surface area contributed by atoms with Gasteiger partial charge in [-0.2, -0.15) is 10.2 Å². The van der Waals surface area contributed by atoms with Crippen LogP contribution in [-0.2, 0) is 14.1 Å². The Balaban J connectivity index is 1.53. The summed E-state index contributed by atoms with van der Waals surface area (Å²) in [6.07, 6.45) is 9.51. The van der Waals surface area contributed by atoms with Crippen LogP contribution in [0.2, 0.25) is 0 Å². The molecule has 3 N–H and O–H groups in total. The van der Waals surface area contributed by atoms with E-state index in [0.717, 1.165) is 46.6 Å². The molecule has 1 aliphatic carbocycles. The summed E-state index contributed by atoms with van der Waals surface area (Å²) in [5.41, 5.74) is 10.8. The van der Waals surface area contributed by atoms with Crippen LogP contribution in [0, 0.1) is 0 Å². The van der Waals surface area contributed by atoms with Crippen LogP contribution in [0.3, 0.4) is 0 Å². The van der Waals surface area contributed by atoms with E-state index in [1.807, 2.05) is 57.1 Å². The lowest BCUT2D eigenvalue weighted by molar-refractivity contribution is 0.373. The molecule has 1 aromatic carbocycles. The number of nitrogens with two attached hydrogens (primary N) is 1. The highest BCUT2D eigenvalue weighted by Gasteiger charge is 2.27. The second-order valence-corrected chi connectivity index (χ2v) is 7.89. The summed E-state index contributed by atoms with van der Waals surface area (Å²) in [6.45, 7) is 0. The molecule has 8 heteroatoms. The van der Waals surface area contributed by atoms with Crippen molar-refractivity contribution in [2.45, 2.75) is 24.9 Å². The maximum atomic E-state index is 5.97. The zero-order chi connectivity index (χ0) is 20.7. The van der Waals surface area contributed by atoms with E-state index in [2.05, 4.69) is 32.6 Å². The molecule has 152 valence electrons. The largest absolute Gasteiger partial charge is 0.367 e. The fourth-order valence-electron chi connectivity index (χ4n) is 3.76. The van der Waals surface area contributed by atoms with Crippen molar-refractivity contribution in [1.29, 1.82) is 0 Å². The summed E-state index contributed by atoms with van der Waals surface area (Å²) in [4.78, 5) is 9.54. The molecule has 0 aliphatic heterocycles. The number of aryl methyl sites for hydroxylation is 2. The highest BCUT2D eigenvalue weighted by Crippen LogP contribution is 2.31. The first kappa shape index (κ1) is 18.5. The highest BCUT2D eigenvalue weighted by atomic mass is 15.3. The van der Waals surface area contributed by atoms with Gasteiger partial charge in [-0.1, -0.05) is 18.2 Å². The first-order valence-corrected chi connectivity index (χ1v) is 10.0. The van der Waals surface area contributed by atoms with Crippen molar-refractivity contribution in [1.82, 2.24) is 29.5 Å². The van der Waals surface area contributed by atoms with Gasteiger partial charge in [0.15, 0.2) is 5.82 Å². The van der Waals surface area contributed by atoms with Gasteiger partial charge in [0.05, 0.1) is 17.5 Å². The van der Waals surface area contributed by atoms with E-state index in [-0.39, 0.29) is 6.04 Å². The summed E-state index contributed by atoms with van der Waals surface area (Å²) in [5.74, 6) is 1.47. The maximum Gasteiger partial charge on any atom is 0.161 e. The molecule has 0 saturated heterocycles. The number of nitrogens with zero attached hydrogens (tertiary/aromatic N) is 6. The summed E-state index contributed by atoms with van der Waals surface area (Å²) in [7, 11) is 3.82. The summed E-state index contributed by atoms with van der Waals surface area (Å²) < 4.78 is 3.58. The fraction of sp³-hybridized carbons (Fsp3) is 0.273. The van der Waals surface area contributed by atoms with E-state index >= 15 is 0 Å². The monoisotopic (exact) mass is 400 g/mol. The molecule has 0 unspecified atom stereocenters. The zero-order valence-corrected chi connectivity index (χ0v) is 17.0. The molecule has 0 bridgehead atoms. The number of nitrogens with one attached hydrogen (secondary N) is 1. The molecule has 3 heterocycles. The standard InChI is InChI=1S/C22H24N8/c1-29-7-6-20(28-29)19-12-24-21(27-22(19)26-18-9-17(23)10-18)15-5-3-4-14(8-15)16-11-25-30(2)13-16/h3-8,11-13,17-18H,9-10,23H2,1-2H3,(H,24,26,27)/t17-,18+. The Hall–Kier alpha value is -3.52. The lowest BCUT2D eigenvalue weighted by Gasteiger charge is -2.33. The Morgan fingerprint density at radius 1 is 1.03 bits per heavy atom. The first-order chi connectivity index (χ1) is 14.5. The minimum atomic E-state index is 0.262. The van der Waals surface area contributed by atoms with Crippen molar-refractivity contribution in [3.63, 3.8) is 0 Å². The third-order valence-electron chi connectivity index (χ3n) is 5.45. The average Bonchev–Trinajstić information content (AvgIpc) is 3.35. The van der Waals surface area contributed by atoms with E-state index in [1.165, 1.54) is 0 Å². The maximum absolute atomic E-state index is 5.97. The van der Waals surface area contributed by atoms with Gasteiger partial charge in [-0.3, -0.25) is 9.36 Å². The Bertz CT molecular complexity index is 1190. The second-order valence-electron chi connectivity index (χ2n) is 7.89. The molecule has 0 spiro atoms. The molecule has 4 aromatic rings. The van der Waals surface area contributed by atoms with E-state index in [1.54, 1.807) is 9.36 Å².